The van der Waals surface area contributed by atoms with Gasteiger partial charge in [-0.1, -0.05) is 72.5 Å². The SMILES string of the molecule is CC(=O)N1C(=O)C(=C2SC(=S)N(Cc3ccccc3)C2=O)c2ccccc21. The molecular formula is C20H14N2O3S2. The highest BCUT2D eigenvalue weighted by atomic mass is 32.2. The molecule has 0 saturated carbocycles. The zero-order valence-electron chi connectivity index (χ0n) is 14.3. The highest BCUT2D eigenvalue weighted by Gasteiger charge is 2.43. The van der Waals surface area contributed by atoms with Crippen LogP contribution < -0.4 is 4.90 Å². The van der Waals surface area contributed by atoms with E-state index in [2.05, 4.69) is 0 Å². The van der Waals surface area contributed by atoms with Gasteiger partial charge in [-0.3, -0.25) is 19.3 Å². The van der Waals surface area contributed by atoms with Gasteiger partial charge in [-0.05, 0) is 11.6 Å². The Hall–Kier alpha value is -2.77. The van der Waals surface area contributed by atoms with Gasteiger partial charge in [0.1, 0.15) is 4.32 Å². The molecule has 0 unspecified atom stereocenters. The van der Waals surface area contributed by atoms with Crippen LogP contribution in [0.4, 0.5) is 5.69 Å². The first-order chi connectivity index (χ1) is 13.0. The first kappa shape index (κ1) is 17.6. The van der Waals surface area contributed by atoms with Crippen molar-refractivity contribution in [2.45, 2.75) is 13.5 Å². The lowest BCUT2D eigenvalue weighted by Crippen LogP contribution is -2.32. The van der Waals surface area contributed by atoms with Gasteiger partial charge >= 0.3 is 0 Å². The van der Waals surface area contributed by atoms with Gasteiger partial charge in [-0.15, -0.1) is 0 Å². The number of thiocarbonyl (C=S) groups is 1. The van der Waals surface area contributed by atoms with Crippen molar-refractivity contribution in [1.82, 2.24) is 4.90 Å². The number of rotatable bonds is 2. The number of hydrogen-bond donors (Lipinski definition) is 0. The van der Waals surface area contributed by atoms with Gasteiger partial charge in [0.2, 0.25) is 5.91 Å². The van der Waals surface area contributed by atoms with Crippen LogP contribution in [0.3, 0.4) is 0 Å². The van der Waals surface area contributed by atoms with Crippen LogP contribution >= 0.6 is 24.0 Å². The molecule has 0 aliphatic carbocycles. The zero-order chi connectivity index (χ0) is 19.1. The summed E-state index contributed by atoms with van der Waals surface area (Å²) in [7, 11) is 0. The first-order valence-electron chi connectivity index (χ1n) is 8.25. The smallest absolute Gasteiger partial charge is 0.267 e. The largest absolute Gasteiger partial charge is 0.288 e. The fourth-order valence-electron chi connectivity index (χ4n) is 3.20. The normalized spacial score (nSPS) is 19.1. The van der Waals surface area contributed by atoms with E-state index in [0.29, 0.717) is 22.1 Å². The summed E-state index contributed by atoms with van der Waals surface area (Å²) in [4.78, 5) is 40.8. The number of benzene rings is 2. The molecule has 0 radical (unpaired) electrons. The Morgan fingerprint density at radius 3 is 2.37 bits per heavy atom. The number of amides is 3. The van der Waals surface area contributed by atoms with Gasteiger partial charge in [-0.25, -0.2) is 4.90 Å². The number of imide groups is 1. The lowest BCUT2D eigenvalue weighted by Gasteiger charge is -2.14. The third-order valence-electron chi connectivity index (χ3n) is 4.41. The molecule has 2 aliphatic rings. The third kappa shape index (κ3) is 2.89. The van der Waals surface area contributed by atoms with E-state index in [1.165, 1.54) is 11.8 Å². The molecule has 2 aromatic rings. The molecule has 2 aromatic carbocycles. The van der Waals surface area contributed by atoms with Gasteiger partial charge in [0, 0.05) is 12.5 Å². The Balaban J connectivity index is 1.77. The molecule has 1 saturated heterocycles. The fourth-order valence-corrected chi connectivity index (χ4v) is 4.53. The van der Waals surface area contributed by atoms with Crippen molar-refractivity contribution in [3.8, 4) is 0 Å². The van der Waals surface area contributed by atoms with Crippen molar-refractivity contribution in [1.29, 1.82) is 0 Å². The maximum atomic E-state index is 13.0. The molecule has 0 atom stereocenters. The number of carbonyl (C=O) groups is 3. The monoisotopic (exact) mass is 394 g/mol. The maximum Gasteiger partial charge on any atom is 0.267 e. The summed E-state index contributed by atoms with van der Waals surface area (Å²) in [6.45, 7) is 1.67. The third-order valence-corrected chi connectivity index (χ3v) is 5.85. The van der Waals surface area contributed by atoms with Crippen LogP contribution in [-0.2, 0) is 20.9 Å². The summed E-state index contributed by atoms with van der Waals surface area (Å²) < 4.78 is 0.401. The summed E-state index contributed by atoms with van der Waals surface area (Å²) in [6.07, 6.45) is 0. The molecule has 7 heteroatoms. The minimum atomic E-state index is -0.482. The van der Waals surface area contributed by atoms with E-state index >= 15 is 0 Å². The minimum absolute atomic E-state index is 0.244. The second-order valence-electron chi connectivity index (χ2n) is 6.13. The summed E-state index contributed by atoms with van der Waals surface area (Å²) in [5.41, 5.74) is 2.27. The van der Waals surface area contributed by atoms with Crippen molar-refractivity contribution >= 4 is 57.3 Å². The number of fused-ring (bicyclic) bond motifs is 1. The molecular weight excluding hydrogens is 380 g/mol. The molecule has 27 heavy (non-hydrogen) atoms. The van der Waals surface area contributed by atoms with Crippen molar-refractivity contribution in [3.63, 3.8) is 0 Å². The Morgan fingerprint density at radius 1 is 1.00 bits per heavy atom. The average molecular weight is 394 g/mol. The van der Waals surface area contributed by atoms with E-state index in [0.717, 1.165) is 22.2 Å². The van der Waals surface area contributed by atoms with Crippen LogP contribution in [0, 0.1) is 0 Å². The average Bonchev–Trinajstić information content (AvgIpc) is 3.10. The minimum Gasteiger partial charge on any atom is -0.288 e. The molecule has 3 amide bonds. The fraction of sp³-hybridized carbons (Fsp3) is 0.100. The van der Waals surface area contributed by atoms with Crippen LogP contribution in [0.15, 0.2) is 59.5 Å². The highest BCUT2D eigenvalue weighted by molar-refractivity contribution is 8.26. The van der Waals surface area contributed by atoms with Crippen molar-refractivity contribution in [2.75, 3.05) is 4.90 Å². The summed E-state index contributed by atoms with van der Waals surface area (Å²) in [5, 5.41) is 0. The van der Waals surface area contributed by atoms with E-state index in [1.54, 1.807) is 24.3 Å². The molecule has 2 aliphatic heterocycles. The summed E-state index contributed by atoms with van der Waals surface area (Å²) in [6, 6.07) is 16.5. The Kier molecular flexibility index (Phi) is 4.41. The number of nitrogens with zero attached hydrogens (tertiary/aromatic N) is 2. The molecule has 5 nitrogen and oxygen atoms in total. The van der Waals surface area contributed by atoms with Crippen LogP contribution in [0.5, 0.6) is 0 Å². The second-order valence-corrected chi connectivity index (χ2v) is 7.77. The Labute approximate surface area is 165 Å². The van der Waals surface area contributed by atoms with Gasteiger partial charge in [0.05, 0.1) is 22.7 Å². The topological polar surface area (TPSA) is 57.7 Å². The van der Waals surface area contributed by atoms with Gasteiger partial charge in [0.15, 0.2) is 0 Å². The number of para-hydroxylation sites is 1. The molecule has 0 N–H and O–H groups in total. The van der Waals surface area contributed by atoms with E-state index in [4.69, 9.17) is 12.2 Å². The van der Waals surface area contributed by atoms with E-state index in [9.17, 15) is 14.4 Å². The highest BCUT2D eigenvalue weighted by Crippen LogP contribution is 2.44. The second kappa shape index (κ2) is 6.75. The number of anilines is 1. The summed E-state index contributed by atoms with van der Waals surface area (Å²) in [5.74, 6) is -1.18. The van der Waals surface area contributed by atoms with Crippen LogP contribution in [0.1, 0.15) is 18.1 Å². The molecule has 0 bridgehead atoms. The molecule has 1 fully saturated rings. The number of thioether (sulfide) groups is 1. The Morgan fingerprint density at radius 2 is 1.67 bits per heavy atom. The van der Waals surface area contributed by atoms with E-state index < -0.39 is 5.91 Å². The molecule has 2 heterocycles. The first-order valence-corrected chi connectivity index (χ1v) is 9.48. The maximum absolute atomic E-state index is 13.0. The standard InChI is InChI=1S/C20H14N2O3S2/c1-12(23)22-15-10-6-5-9-14(15)16(18(22)24)17-19(25)21(20(26)27-17)11-13-7-3-2-4-8-13/h2-10H,11H2,1H3. The molecule has 4 rings (SSSR count). The van der Waals surface area contributed by atoms with E-state index in [-0.39, 0.29) is 22.3 Å². The Bertz CT molecular complexity index is 1030. The predicted octanol–water partition coefficient (Wildman–Crippen LogP) is 3.35. The van der Waals surface area contributed by atoms with Gasteiger partial charge in [0.25, 0.3) is 11.8 Å². The lowest BCUT2D eigenvalue weighted by molar-refractivity contribution is -0.124. The molecule has 0 aromatic heterocycles. The van der Waals surface area contributed by atoms with Crippen molar-refractivity contribution in [2.24, 2.45) is 0 Å². The lowest BCUT2D eigenvalue weighted by atomic mass is 10.1. The van der Waals surface area contributed by atoms with Crippen molar-refractivity contribution < 1.29 is 14.4 Å². The van der Waals surface area contributed by atoms with Crippen LogP contribution in [-0.4, -0.2) is 26.9 Å². The van der Waals surface area contributed by atoms with Crippen molar-refractivity contribution in [3.05, 3.63) is 70.6 Å². The molecule has 134 valence electrons. The van der Waals surface area contributed by atoms with E-state index in [1.807, 2.05) is 30.3 Å². The molecule has 0 spiro atoms. The number of carbonyl (C=O) groups excluding carboxylic acids is 3. The predicted molar refractivity (Wildman–Crippen MR) is 109 cm³/mol. The number of hydrogen-bond acceptors (Lipinski definition) is 5. The van der Waals surface area contributed by atoms with Crippen LogP contribution in [0.25, 0.3) is 5.57 Å². The quantitative estimate of drug-likeness (QED) is 0.578. The van der Waals surface area contributed by atoms with Crippen LogP contribution in [0.2, 0.25) is 0 Å². The summed E-state index contributed by atoms with van der Waals surface area (Å²) >= 11 is 6.50. The van der Waals surface area contributed by atoms with Gasteiger partial charge < -0.3 is 0 Å². The zero-order valence-corrected chi connectivity index (χ0v) is 16.0. The van der Waals surface area contributed by atoms with Gasteiger partial charge in [-0.2, -0.15) is 0 Å².